The first-order valence-electron chi connectivity index (χ1n) is 5.68. The molecular formula is C13H11N3O2S. The molecule has 5 nitrogen and oxygen atoms in total. The van der Waals surface area contributed by atoms with Gasteiger partial charge in [-0.2, -0.15) is 0 Å². The van der Waals surface area contributed by atoms with Crippen molar-refractivity contribution >= 4 is 21.1 Å². The van der Waals surface area contributed by atoms with Gasteiger partial charge in [0.1, 0.15) is 6.33 Å². The van der Waals surface area contributed by atoms with Crippen LogP contribution in [0.1, 0.15) is 5.56 Å². The van der Waals surface area contributed by atoms with Gasteiger partial charge in [0.05, 0.1) is 4.90 Å². The molecule has 19 heavy (non-hydrogen) atoms. The fourth-order valence-electron chi connectivity index (χ4n) is 1.87. The van der Waals surface area contributed by atoms with Crippen LogP contribution in [0.4, 0.5) is 0 Å². The number of aryl methyl sites for hydroxylation is 1. The molecule has 0 atom stereocenters. The van der Waals surface area contributed by atoms with Gasteiger partial charge in [0.2, 0.25) is 0 Å². The van der Waals surface area contributed by atoms with Crippen molar-refractivity contribution in [1.29, 1.82) is 0 Å². The molecule has 3 rings (SSSR count). The lowest BCUT2D eigenvalue weighted by molar-refractivity contribution is 0.588. The van der Waals surface area contributed by atoms with Crippen LogP contribution in [0.2, 0.25) is 0 Å². The number of aromatic nitrogens is 3. The van der Waals surface area contributed by atoms with E-state index in [9.17, 15) is 8.42 Å². The highest BCUT2D eigenvalue weighted by Crippen LogP contribution is 2.20. The summed E-state index contributed by atoms with van der Waals surface area (Å²) in [5.74, 6) is 0. The molecule has 0 unspecified atom stereocenters. The second kappa shape index (κ2) is 4.17. The van der Waals surface area contributed by atoms with Gasteiger partial charge in [-0.3, -0.25) is 0 Å². The van der Waals surface area contributed by atoms with Crippen molar-refractivity contribution in [2.24, 2.45) is 0 Å². The van der Waals surface area contributed by atoms with Gasteiger partial charge in [-0.15, -0.1) is 0 Å². The summed E-state index contributed by atoms with van der Waals surface area (Å²) in [4.78, 5) is 8.14. The summed E-state index contributed by atoms with van der Waals surface area (Å²) >= 11 is 0. The van der Waals surface area contributed by atoms with Crippen molar-refractivity contribution in [3.05, 3.63) is 54.6 Å². The van der Waals surface area contributed by atoms with Gasteiger partial charge in [-0.25, -0.2) is 22.4 Å². The zero-order valence-corrected chi connectivity index (χ0v) is 11.0. The topological polar surface area (TPSA) is 64.8 Å². The molecule has 2 heterocycles. The third kappa shape index (κ3) is 1.90. The highest BCUT2D eigenvalue weighted by molar-refractivity contribution is 7.90. The van der Waals surface area contributed by atoms with E-state index in [2.05, 4.69) is 9.97 Å². The van der Waals surface area contributed by atoms with E-state index in [1.807, 2.05) is 6.92 Å². The first kappa shape index (κ1) is 11.9. The number of hydrogen-bond acceptors (Lipinski definition) is 4. The van der Waals surface area contributed by atoms with Crippen LogP contribution in [0, 0.1) is 6.92 Å². The van der Waals surface area contributed by atoms with Crippen molar-refractivity contribution in [2.45, 2.75) is 11.8 Å². The summed E-state index contributed by atoms with van der Waals surface area (Å²) in [6.45, 7) is 1.91. The molecule has 0 aliphatic heterocycles. The smallest absolute Gasteiger partial charge is 0.244 e. The molecule has 0 bridgehead atoms. The fraction of sp³-hybridized carbons (Fsp3) is 0.0769. The summed E-state index contributed by atoms with van der Waals surface area (Å²) in [6, 6.07) is 8.41. The second-order valence-electron chi connectivity index (χ2n) is 4.23. The fourth-order valence-corrected chi connectivity index (χ4v) is 3.18. The van der Waals surface area contributed by atoms with Gasteiger partial charge >= 0.3 is 0 Å². The van der Waals surface area contributed by atoms with E-state index in [1.165, 1.54) is 16.5 Å². The van der Waals surface area contributed by atoms with Gasteiger partial charge in [0.25, 0.3) is 10.0 Å². The maximum absolute atomic E-state index is 12.5. The zero-order valence-electron chi connectivity index (χ0n) is 10.2. The Balaban J connectivity index is 2.22. The summed E-state index contributed by atoms with van der Waals surface area (Å²) in [5.41, 5.74) is 1.40. The van der Waals surface area contributed by atoms with E-state index in [0.29, 0.717) is 11.0 Å². The zero-order chi connectivity index (χ0) is 13.5. The van der Waals surface area contributed by atoms with Crippen molar-refractivity contribution in [3.63, 3.8) is 0 Å². The first-order chi connectivity index (χ1) is 9.09. The molecule has 0 saturated carbocycles. The van der Waals surface area contributed by atoms with Crippen LogP contribution in [0.15, 0.2) is 53.9 Å². The Morgan fingerprint density at radius 3 is 2.58 bits per heavy atom. The molecule has 0 radical (unpaired) electrons. The molecule has 3 aromatic rings. The van der Waals surface area contributed by atoms with Crippen LogP contribution in [0.25, 0.3) is 11.0 Å². The molecular weight excluding hydrogens is 262 g/mol. The van der Waals surface area contributed by atoms with Gasteiger partial charge in [0.15, 0.2) is 5.65 Å². The Labute approximate surface area is 110 Å². The average Bonchev–Trinajstić information content (AvgIpc) is 2.83. The number of benzene rings is 1. The normalized spacial score (nSPS) is 11.8. The molecule has 0 amide bonds. The maximum Gasteiger partial charge on any atom is 0.269 e. The minimum absolute atomic E-state index is 0.245. The summed E-state index contributed by atoms with van der Waals surface area (Å²) in [6.07, 6.45) is 4.42. The first-order valence-corrected chi connectivity index (χ1v) is 7.12. The maximum atomic E-state index is 12.5. The van der Waals surface area contributed by atoms with E-state index in [1.54, 1.807) is 36.5 Å². The van der Waals surface area contributed by atoms with E-state index in [4.69, 9.17) is 0 Å². The molecule has 0 spiro atoms. The highest BCUT2D eigenvalue weighted by Gasteiger charge is 2.19. The summed E-state index contributed by atoms with van der Waals surface area (Å²) in [7, 11) is -3.61. The summed E-state index contributed by atoms with van der Waals surface area (Å²) < 4.78 is 26.2. The predicted molar refractivity (Wildman–Crippen MR) is 71.3 cm³/mol. The Morgan fingerprint density at radius 2 is 1.84 bits per heavy atom. The van der Waals surface area contributed by atoms with Crippen molar-refractivity contribution in [2.75, 3.05) is 0 Å². The van der Waals surface area contributed by atoms with Crippen LogP contribution in [0.3, 0.4) is 0 Å². The largest absolute Gasteiger partial charge is 0.269 e. The number of hydrogen-bond donors (Lipinski definition) is 0. The van der Waals surface area contributed by atoms with Crippen LogP contribution in [-0.4, -0.2) is 22.4 Å². The molecule has 1 aromatic carbocycles. The Bertz CT molecular complexity index is 836. The molecule has 96 valence electrons. The van der Waals surface area contributed by atoms with Gasteiger partial charge in [-0.1, -0.05) is 17.7 Å². The van der Waals surface area contributed by atoms with E-state index in [-0.39, 0.29) is 4.90 Å². The van der Waals surface area contributed by atoms with E-state index < -0.39 is 10.0 Å². The molecule has 0 aliphatic rings. The van der Waals surface area contributed by atoms with Crippen molar-refractivity contribution < 1.29 is 8.42 Å². The van der Waals surface area contributed by atoms with Crippen molar-refractivity contribution in [1.82, 2.24) is 13.9 Å². The van der Waals surface area contributed by atoms with Crippen molar-refractivity contribution in [3.8, 4) is 0 Å². The monoisotopic (exact) mass is 273 g/mol. The third-order valence-corrected chi connectivity index (χ3v) is 4.57. The highest BCUT2D eigenvalue weighted by atomic mass is 32.2. The number of fused-ring (bicyclic) bond motifs is 1. The van der Waals surface area contributed by atoms with Crippen LogP contribution < -0.4 is 0 Å². The molecule has 0 aliphatic carbocycles. The van der Waals surface area contributed by atoms with Gasteiger partial charge in [-0.05, 0) is 25.1 Å². The second-order valence-corrected chi connectivity index (χ2v) is 6.05. The Hall–Kier alpha value is -2.21. The van der Waals surface area contributed by atoms with E-state index in [0.717, 1.165) is 5.56 Å². The standard InChI is InChI=1S/C13H11N3O2S/c1-10-2-4-12(5-3-10)19(17,18)16-7-6-11-8-14-9-15-13(11)16/h2-9H,1H3. The minimum Gasteiger partial charge on any atom is -0.244 e. The number of rotatable bonds is 2. The molecule has 0 fully saturated rings. The van der Waals surface area contributed by atoms with Crippen LogP contribution >= 0.6 is 0 Å². The third-order valence-electron chi connectivity index (χ3n) is 2.89. The SMILES string of the molecule is Cc1ccc(S(=O)(=O)n2ccc3cncnc32)cc1. The van der Waals surface area contributed by atoms with Gasteiger partial charge in [0, 0.05) is 17.8 Å². The quantitative estimate of drug-likeness (QED) is 0.716. The Morgan fingerprint density at radius 1 is 1.11 bits per heavy atom. The average molecular weight is 273 g/mol. The summed E-state index contributed by atoms with van der Waals surface area (Å²) in [5, 5.41) is 0.693. The predicted octanol–water partition coefficient (Wildman–Crippen LogP) is 1.98. The molecule has 0 N–H and O–H groups in total. The molecule has 0 saturated heterocycles. The molecule has 2 aromatic heterocycles. The van der Waals surface area contributed by atoms with Crippen LogP contribution in [0.5, 0.6) is 0 Å². The van der Waals surface area contributed by atoms with Crippen LogP contribution in [-0.2, 0) is 10.0 Å². The minimum atomic E-state index is -3.61. The lowest BCUT2D eigenvalue weighted by Crippen LogP contribution is -2.12. The lowest BCUT2D eigenvalue weighted by atomic mass is 10.2. The lowest BCUT2D eigenvalue weighted by Gasteiger charge is -2.06. The number of nitrogens with zero attached hydrogens (tertiary/aromatic N) is 3. The molecule has 6 heteroatoms. The Kier molecular flexibility index (Phi) is 2.60. The van der Waals surface area contributed by atoms with E-state index >= 15 is 0 Å². The van der Waals surface area contributed by atoms with Gasteiger partial charge < -0.3 is 0 Å².